The molecule has 1 heteroatoms. The Morgan fingerprint density at radius 2 is 1.81 bits per heavy atom. The van der Waals surface area contributed by atoms with Gasteiger partial charge in [-0.25, -0.2) is 0 Å². The van der Waals surface area contributed by atoms with Crippen LogP contribution in [0, 0.1) is 5.92 Å². The molecule has 0 aliphatic heterocycles. The quantitative estimate of drug-likeness (QED) is 0.737. The van der Waals surface area contributed by atoms with Crippen LogP contribution in [-0.4, -0.2) is 11.7 Å². The predicted molar refractivity (Wildman–Crippen MR) is 69.6 cm³/mol. The minimum atomic E-state index is 0.302. The first-order valence-electron chi connectivity index (χ1n) is 6.45. The van der Waals surface area contributed by atoms with Crippen LogP contribution in [0.15, 0.2) is 30.3 Å². The van der Waals surface area contributed by atoms with E-state index in [4.69, 9.17) is 5.11 Å². The fourth-order valence-corrected chi connectivity index (χ4v) is 2.31. The number of benzene rings is 1. The fraction of sp³-hybridized carbons (Fsp3) is 0.600. The number of unbranched alkanes of at least 4 members (excludes halogenated alkanes) is 1. The predicted octanol–water partition coefficient (Wildman–Crippen LogP) is 3.98. The van der Waals surface area contributed by atoms with Crippen molar-refractivity contribution >= 4 is 0 Å². The van der Waals surface area contributed by atoms with Crippen LogP contribution in [0.25, 0.3) is 0 Å². The summed E-state index contributed by atoms with van der Waals surface area (Å²) < 4.78 is 0. The van der Waals surface area contributed by atoms with Gasteiger partial charge in [-0.15, -0.1) is 0 Å². The second-order valence-corrected chi connectivity index (χ2v) is 4.65. The summed E-state index contributed by atoms with van der Waals surface area (Å²) in [5, 5.41) is 9.06. The molecule has 1 aromatic carbocycles. The number of hydrogen-bond acceptors (Lipinski definition) is 1. The second-order valence-electron chi connectivity index (χ2n) is 4.65. The van der Waals surface area contributed by atoms with Gasteiger partial charge in [0.1, 0.15) is 0 Å². The van der Waals surface area contributed by atoms with Crippen LogP contribution in [0.1, 0.15) is 51.0 Å². The standard InChI is InChI=1S/C15H24O/c1-3-4-10-15(13(2)11-12-16)14-8-6-5-7-9-14/h5-9,13,15-16H,3-4,10-12H2,1-2H3. The average Bonchev–Trinajstić information content (AvgIpc) is 2.31. The third-order valence-electron chi connectivity index (χ3n) is 3.37. The van der Waals surface area contributed by atoms with Gasteiger partial charge >= 0.3 is 0 Å². The first kappa shape index (κ1) is 13.2. The van der Waals surface area contributed by atoms with Crippen molar-refractivity contribution in [3.8, 4) is 0 Å². The molecule has 0 heterocycles. The largest absolute Gasteiger partial charge is 0.396 e. The Bertz CT molecular complexity index is 268. The fourth-order valence-electron chi connectivity index (χ4n) is 2.31. The molecule has 0 aliphatic rings. The summed E-state index contributed by atoms with van der Waals surface area (Å²) in [5.74, 6) is 1.17. The molecule has 0 fully saturated rings. The Morgan fingerprint density at radius 1 is 1.12 bits per heavy atom. The maximum absolute atomic E-state index is 9.06. The number of hydrogen-bond donors (Lipinski definition) is 1. The van der Waals surface area contributed by atoms with Crippen LogP contribution in [0.5, 0.6) is 0 Å². The monoisotopic (exact) mass is 220 g/mol. The molecule has 0 saturated heterocycles. The van der Waals surface area contributed by atoms with Crippen molar-refractivity contribution < 1.29 is 5.11 Å². The number of rotatable bonds is 7. The smallest absolute Gasteiger partial charge is 0.0433 e. The van der Waals surface area contributed by atoms with Gasteiger partial charge in [0.15, 0.2) is 0 Å². The van der Waals surface area contributed by atoms with Crippen molar-refractivity contribution in [1.82, 2.24) is 0 Å². The zero-order valence-corrected chi connectivity index (χ0v) is 10.5. The summed E-state index contributed by atoms with van der Waals surface area (Å²) in [6, 6.07) is 10.7. The highest BCUT2D eigenvalue weighted by atomic mass is 16.3. The van der Waals surface area contributed by atoms with Crippen molar-refractivity contribution in [2.75, 3.05) is 6.61 Å². The van der Waals surface area contributed by atoms with Crippen LogP contribution >= 0.6 is 0 Å². The molecular weight excluding hydrogens is 196 g/mol. The van der Waals surface area contributed by atoms with Gasteiger partial charge in [-0.3, -0.25) is 0 Å². The third kappa shape index (κ3) is 3.97. The first-order chi connectivity index (χ1) is 7.79. The van der Waals surface area contributed by atoms with E-state index >= 15 is 0 Å². The van der Waals surface area contributed by atoms with Crippen LogP contribution in [0.4, 0.5) is 0 Å². The van der Waals surface area contributed by atoms with Crippen LogP contribution in [-0.2, 0) is 0 Å². The molecular formula is C15H24O. The van der Waals surface area contributed by atoms with Crippen molar-refractivity contribution in [2.45, 2.75) is 45.4 Å². The van der Waals surface area contributed by atoms with E-state index in [1.54, 1.807) is 0 Å². The molecule has 0 aliphatic carbocycles. The second kappa shape index (κ2) is 7.45. The van der Waals surface area contributed by atoms with Gasteiger partial charge in [0.05, 0.1) is 0 Å². The van der Waals surface area contributed by atoms with E-state index in [-0.39, 0.29) is 0 Å². The van der Waals surface area contributed by atoms with E-state index in [0.29, 0.717) is 18.4 Å². The maximum atomic E-state index is 9.06. The molecule has 0 saturated carbocycles. The Hall–Kier alpha value is -0.820. The highest BCUT2D eigenvalue weighted by Crippen LogP contribution is 2.31. The highest BCUT2D eigenvalue weighted by Gasteiger charge is 2.17. The minimum Gasteiger partial charge on any atom is -0.396 e. The zero-order valence-electron chi connectivity index (χ0n) is 10.5. The van der Waals surface area contributed by atoms with Gasteiger partial charge in [0.25, 0.3) is 0 Å². The van der Waals surface area contributed by atoms with E-state index in [1.807, 2.05) is 0 Å². The summed E-state index contributed by atoms with van der Waals surface area (Å²) in [7, 11) is 0. The Kier molecular flexibility index (Phi) is 6.17. The lowest BCUT2D eigenvalue weighted by Crippen LogP contribution is -2.11. The summed E-state index contributed by atoms with van der Waals surface area (Å²) in [6.07, 6.45) is 4.66. The van der Waals surface area contributed by atoms with E-state index < -0.39 is 0 Å². The maximum Gasteiger partial charge on any atom is 0.0433 e. The Balaban J connectivity index is 2.70. The van der Waals surface area contributed by atoms with Crippen LogP contribution in [0.2, 0.25) is 0 Å². The molecule has 2 atom stereocenters. The molecule has 90 valence electrons. The highest BCUT2D eigenvalue weighted by molar-refractivity contribution is 5.20. The molecule has 0 bridgehead atoms. The van der Waals surface area contributed by atoms with E-state index in [2.05, 4.69) is 44.2 Å². The van der Waals surface area contributed by atoms with Gasteiger partial charge in [0, 0.05) is 6.61 Å². The van der Waals surface area contributed by atoms with Gasteiger partial charge in [-0.05, 0) is 30.2 Å². The minimum absolute atomic E-state index is 0.302. The van der Waals surface area contributed by atoms with Crippen molar-refractivity contribution in [3.05, 3.63) is 35.9 Å². The summed E-state index contributed by atoms with van der Waals surface area (Å²) in [4.78, 5) is 0. The molecule has 0 spiro atoms. The average molecular weight is 220 g/mol. The van der Waals surface area contributed by atoms with Gasteiger partial charge in [0.2, 0.25) is 0 Å². The van der Waals surface area contributed by atoms with Crippen molar-refractivity contribution in [2.24, 2.45) is 5.92 Å². The molecule has 2 unspecified atom stereocenters. The summed E-state index contributed by atoms with van der Waals surface area (Å²) in [5.41, 5.74) is 1.43. The van der Waals surface area contributed by atoms with Gasteiger partial charge < -0.3 is 5.11 Å². The lowest BCUT2D eigenvalue weighted by atomic mass is 9.82. The van der Waals surface area contributed by atoms with E-state index in [9.17, 15) is 0 Å². The van der Waals surface area contributed by atoms with E-state index in [0.717, 1.165) is 6.42 Å². The first-order valence-corrected chi connectivity index (χ1v) is 6.45. The summed E-state index contributed by atoms with van der Waals surface area (Å²) in [6.45, 7) is 4.79. The normalized spacial score (nSPS) is 14.7. The SMILES string of the molecule is CCCCC(c1ccccc1)C(C)CCO. The molecule has 1 aromatic rings. The number of aliphatic hydroxyl groups excluding tert-OH is 1. The zero-order chi connectivity index (χ0) is 11.8. The molecule has 1 nitrogen and oxygen atoms in total. The lowest BCUT2D eigenvalue weighted by molar-refractivity contribution is 0.245. The molecule has 16 heavy (non-hydrogen) atoms. The third-order valence-corrected chi connectivity index (χ3v) is 3.37. The molecule has 0 radical (unpaired) electrons. The molecule has 0 aromatic heterocycles. The summed E-state index contributed by atoms with van der Waals surface area (Å²) >= 11 is 0. The van der Waals surface area contributed by atoms with Gasteiger partial charge in [-0.1, -0.05) is 57.0 Å². The Labute approximate surface area is 99.5 Å². The molecule has 1 N–H and O–H groups in total. The van der Waals surface area contributed by atoms with Crippen molar-refractivity contribution in [3.63, 3.8) is 0 Å². The van der Waals surface area contributed by atoms with Gasteiger partial charge in [-0.2, -0.15) is 0 Å². The van der Waals surface area contributed by atoms with Crippen LogP contribution < -0.4 is 0 Å². The van der Waals surface area contributed by atoms with Crippen molar-refractivity contribution in [1.29, 1.82) is 0 Å². The molecule has 1 rings (SSSR count). The van der Waals surface area contributed by atoms with E-state index in [1.165, 1.54) is 24.8 Å². The number of aliphatic hydroxyl groups is 1. The molecule has 0 amide bonds. The lowest BCUT2D eigenvalue weighted by Gasteiger charge is -2.24. The van der Waals surface area contributed by atoms with Crippen LogP contribution in [0.3, 0.4) is 0 Å². The topological polar surface area (TPSA) is 20.2 Å². The Morgan fingerprint density at radius 3 is 2.38 bits per heavy atom.